The van der Waals surface area contributed by atoms with Crippen LogP contribution in [0.3, 0.4) is 0 Å². The smallest absolute Gasteiger partial charge is 0.245 e. The highest BCUT2D eigenvalue weighted by molar-refractivity contribution is 5.74. The number of nitrogens with zero attached hydrogens (tertiary/aromatic N) is 6. The van der Waals surface area contributed by atoms with Gasteiger partial charge >= 0.3 is 0 Å². The zero-order valence-electron chi connectivity index (χ0n) is 16.5. The van der Waals surface area contributed by atoms with Crippen molar-refractivity contribution in [3.05, 3.63) is 0 Å². The van der Waals surface area contributed by atoms with Gasteiger partial charge in [-0.1, -0.05) is 0 Å². The maximum absolute atomic E-state index is 5.47. The average Bonchev–Trinajstić information content (AvgIpc) is 3.19. The Morgan fingerprint density at radius 2 is 1.96 bits per heavy atom. The molecule has 2 aromatic rings. The van der Waals surface area contributed by atoms with E-state index in [9.17, 15) is 0 Å². The Morgan fingerprint density at radius 3 is 2.79 bits per heavy atom. The van der Waals surface area contributed by atoms with E-state index in [1.165, 1.54) is 6.42 Å². The Hall–Kier alpha value is -2.04. The first kappa shape index (κ1) is 19.3. The van der Waals surface area contributed by atoms with E-state index in [0.29, 0.717) is 23.8 Å². The van der Waals surface area contributed by atoms with Gasteiger partial charge in [0.25, 0.3) is 0 Å². The summed E-state index contributed by atoms with van der Waals surface area (Å²) in [6.07, 6.45) is 3.28. The van der Waals surface area contributed by atoms with Gasteiger partial charge in [0.1, 0.15) is 0 Å². The van der Waals surface area contributed by atoms with Crippen LogP contribution in [0.4, 0.5) is 11.6 Å². The molecule has 2 aliphatic rings. The summed E-state index contributed by atoms with van der Waals surface area (Å²) >= 11 is 0. The Kier molecular flexibility index (Phi) is 6.50. The van der Waals surface area contributed by atoms with Crippen LogP contribution in [0.25, 0.3) is 11.3 Å². The third-order valence-corrected chi connectivity index (χ3v) is 5.35. The molecule has 0 bridgehead atoms. The first-order chi connectivity index (χ1) is 13.8. The zero-order chi connectivity index (χ0) is 19.2. The van der Waals surface area contributed by atoms with Gasteiger partial charge < -0.3 is 19.7 Å². The molecule has 2 aromatic heterocycles. The van der Waals surface area contributed by atoms with Crippen LogP contribution in [-0.4, -0.2) is 91.4 Å². The highest BCUT2D eigenvalue weighted by Gasteiger charge is 2.26. The van der Waals surface area contributed by atoms with E-state index in [1.807, 2.05) is 0 Å². The van der Waals surface area contributed by atoms with Crippen molar-refractivity contribution < 1.29 is 14.1 Å². The van der Waals surface area contributed by atoms with Crippen molar-refractivity contribution in [2.75, 3.05) is 76.4 Å². The molecule has 2 fully saturated rings. The van der Waals surface area contributed by atoms with Gasteiger partial charge in [-0.05, 0) is 35.5 Å². The Labute approximate surface area is 164 Å². The SMILES string of the molecule is COCCCNc1nc2nonc2nc1N1CCC[C@@H](CN2CCOCC2)C1. The molecule has 10 nitrogen and oxygen atoms in total. The largest absolute Gasteiger partial charge is 0.385 e. The number of rotatable bonds is 8. The molecule has 0 saturated carbocycles. The quantitative estimate of drug-likeness (QED) is 0.656. The maximum atomic E-state index is 5.47. The second kappa shape index (κ2) is 9.44. The lowest BCUT2D eigenvalue weighted by molar-refractivity contribution is 0.0296. The second-order valence-corrected chi connectivity index (χ2v) is 7.45. The lowest BCUT2D eigenvalue weighted by atomic mass is 9.97. The summed E-state index contributed by atoms with van der Waals surface area (Å²) in [4.78, 5) is 14.1. The number of aromatic nitrogens is 4. The fourth-order valence-electron chi connectivity index (χ4n) is 3.95. The van der Waals surface area contributed by atoms with Crippen molar-refractivity contribution in [3.8, 4) is 0 Å². The third-order valence-electron chi connectivity index (χ3n) is 5.35. The number of morpholine rings is 1. The number of ether oxygens (including phenoxy) is 2. The summed E-state index contributed by atoms with van der Waals surface area (Å²) < 4.78 is 15.4. The van der Waals surface area contributed by atoms with Gasteiger partial charge in [-0.2, -0.15) is 0 Å². The Morgan fingerprint density at radius 1 is 1.14 bits per heavy atom. The lowest BCUT2D eigenvalue weighted by Gasteiger charge is -2.37. The van der Waals surface area contributed by atoms with Crippen molar-refractivity contribution in [2.24, 2.45) is 5.92 Å². The van der Waals surface area contributed by atoms with E-state index in [0.717, 1.165) is 77.0 Å². The normalized spacial score (nSPS) is 21.3. The van der Waals surface area contributed by atoms with Crippen LogP contribution in [0.15, 0.2) is 4.63 Å². The highest BCUT2D eigenvalue weighted by Crippen LogP contribution is 2.28. The number of hydrogen-bond donors (Lipinski definition) is 1. The zero-order valence-corrected chi connectivity index (χ0v) is 16.5. The topological polar surface area (TPSA) is 102 Å². The molecular formula is C18H29N7O3. The van der Waals surface area contributed by atoms with Crippen molar-refractivity contribution >= 4 is 22.9 Å². The van der Waals surface area contributed by atoms with E-state index in [1.54, 1.807) is 7.11 Å². The van der Waals surface area contributed by atoms with Crippen molar-refractivity contribution in [2.45, 2.75) is 19.3 Å². The molecule has 0 spiro atoms. The number of anilines is 2. The van der Waals surface area contributed by atoms with E-state index in [2.05, 4.69) is 30.4 Å². The van der Waals surface area contributed by atoms with Gasteiger partial charge in [-0.3, -0.25) is 4.90 Å². The van der Waals surface area contributed by atoms with E-state index >= 15 is 0 Å². The monoisotopic (exact) mass is 391 g/mol. The number of methoxy groups -OCH3 is 1. The summed E-state index contributed by atoms with van der Waals surface area (Å²) in [5.41, 5.74) is 0.882. The fraction of sp³-hybridized carbons (Fsp3) is 0.778. The summed E-state index contributed by atoms with van der Waals surface area (Å²) in [6, 6.07) is 0. The first-order valence-electron chi connectivity index (χ1n) is 10.1. The molecule has 4 heterocycles. The van der Waals surface area contributed by atoms with Crippen LogP contribution in [0.1, 0.15) is 19.3 Å². The number of nitrogens with one attached hydrogen (secondary N) is 1. The van der Waals surface area contributed by atoms with Crippen LogP contribution in [0.2, 0.25) is 0 Å². The predicted molar refractivity (Wildman–Crippen MR) is 105 cm³/mol. The number of fused-ring (bicyclic) bond motifs is 1. The van der Waals surface area contributed by atoms with Crippen LogP contribution < -0.4 is 10.2 Å². The lowest BCUT2D eigenvalue weighted by Crippen LogP contribution is -2.45. The standard InChI is InChI=1S/C18H29N7O3/c1-26-9-3-5-19-17-18(21-16-15(20-17)22-28-23-16)25-6-2-4-14(13-25)12-24-7-10-27-11-8-24/h14H,2-13H2,1H3,(H,19,20,22)/t14-/m0/s1. The molecular weight excluding hydrogens is 362 g/mol. The maximum Gasteiger partial charge on any atom is 0.245 e. The minimum atomic E-state index is 0.430. The molecule has 28 heavy (non-hydrogen) atoms. The predicted octanol–water partition coefficient (Wildman–Crippen LogP) is 1.01. The minimum absolute atomic E-state index is 0.430. The average molecular weight is 391 g/mol. The molecule has 1 atom stereocenters. The molecule has 0 unspecified atom stereocenters. The summed E-state index contributed by atoms with van der Waals surface area (Å²) in [6.45, 7) is 8.25. The van der Waals surface area contributed by atoms with Crippen LogP contribution in [0.5, 0.6) is 0 Å². The van der Waals surface area contributed by atoms with Gasteiger partial charge in [-0.25, -0.2) is 14.6 Å². The summed E-state index contributed by atoms with van der Waals surface area (Å²) in [7, 11) is 1.71. The van der Waals surface area contributed by atoms with Crippen molar-refractivity contribution in [1.29, 1.82) is 0 Å². The molecule has 0 aliphatic carbocycles. The molecule has 2 aliphatic heterocycles. The number of hydrogen-bond acceptors (Lipinski definition) is 10. The molecule has 2 saturated heterocycles. The van der Waals surface area contributed by atoms with Crippen LogP contribution in [-0.2, 0) is 9.47 Å². The second-order valence-electron chi connectivity index (χ2n) is 7.45. The third kappa shape index (κ3) is 4.68. The van der Waals surface area contributed by atoms with Gasteiger partial charge in [-0.15, -0.1) is 0 Å². The van der Waals surface area contributed by atoms with Gasteiger partial charge in [0.05, 0.1) is 13.2 Å². The van der Waals surface area contributed by atoms with Crippen molar-refractivity contribution in [3.63, 3.8) is 0 Å². The van der Waals surface area contributed by atoms with Crippen molar-refractivity contribution in [1.82, 2.24) is 25.2 Å². The highest BCUT2D eigenvalue weighted by atomic mass is 16.6. The molecule has 0 radical (unpaired) electrons. The fourth-order valence-corrected chi connectivity index (χ4v) is 3.95. The summed E-state index contributed by atoms with van der Waals surface area (Å²) in [5, 5.41) is 11.1. The van der Waals surface area contributed by atoms with E-state index < -0.39 is 0 Å². The molecule has 0 aromatic carbocycles. The summed E-state index contributed by atoms with van der Waals surface area (Å²) in [5.74, 6) is 2.19. The number of piperidine rings is 1. The molecule has 10 heteroatoms. The molecule has 0 amide bonds. The Balaban J connectivity index is 1.47. The van der Waals surface area contributed by atoms with E-state index in [4.69, 9.17) is 19.1 Å². The molecule has 4 rings (SSSR count). The van der Waals surface area contributed by atoms with Gasteiger partial charge in [0.15, 0.2) is 11.6 Å². The van der Waals surface area contributed by atoms with Gasteiger partial charge in [0.2, 0.25) is 11.3 Å². The molecule has 1 N–H and O–H groups in total. The Bertz CT molecular complexity index is 750. The van der Waals surface area contributed by atoms with Crippen LogP contribution in [0, 0.1) is 5.92 Å². The van der Waals surface area contributed by atoms with E-state index in [-0.39, 0.29) is 0 Å². The first-order valence-corrected chi connectivity index (χ1v) is 10.1. The van der Waals surface area contributed by atoms with Gasteiger partial charge in [0, 0.05) is 53.0 Å². The molecule has 154 valence electrons. The minimum Gasteiger partial charge on any atom is -0.385 e. The van der Waals surface area contributed by atoms with Crippen LogP contribution >= 0.6 is 0 Å².